The van der Waals surface area contributed by atoms with Gasteiger partial charge < -0.3 is 20.4 Å². The Labute approximate surface area is 175 Å². The number of nitrogen functional groups attached to an aromatic ring is 1. The summed E-state index contributed by atoms with van der Waals surface area (Å²) in [4.78, 5) is 22.4. The lowest BCUT2D eigenvalue weighted by molar-refractivity contribution is 0.0683. The van der Waals surface area contributed by atoms with Gasteiger partial charge in [-0.25, -0.2) is 9.37 Å². The molecule has 1 aromatic carbocycles. The molecule has 4 rings (SSSR count). The van der Waals surface area contributed by atoms with Crippen molar-refractivity contribution in [3.63, 3.8) is 0 Å². The highest BCUT2D eigenvalue weighted by Gasteiger charge is 2.25. The van der Waals surface area contributed by atoms with Crippen LogP contribution in [0.25, 0.3) is 11.0 Å². The number of hydrogen-bond donors (Lipinski definition) is 2. The fourth-order valence-electron chi connectivity index (χ4n) is 3.43. The van der Waals surface area contributed by atoms with E-state index < -0.39 is 0 Å². The van der Waals surface area contributed by atoms with E-state index >= 15 is 0 Å². The van der Waals surface area contributed by atoms with E-state index in [0.29, 0.717) is 35.8 Å². The number of amides is 1. The van der Waals surface area contributed by atoms with E-state index in [-0.39, 0.29) is 24.3 Å². The van der Waals surface area contributed by atoms with Crippen LogP contribution in [0.2, 0.25) is 0 Å². The maximum atomic E-state index is 14.3. The van der Waals surface area contributed by atoms with Gasteiger partial charge in [0.25, 0.3) is 5.91 Å². The molecule has 0 saturated heterocycles. The number of H-pyrrole nitrogens is 1. The highest BCUT2D eigenvalue weighted by atomic mass is 127. The van der Waals surface area contributed by atoms with E-state index in [0.717, 1.165) is 20.2 Å². The minimum Gasteiger partial charge on any atom is -0.383 e. The van der Waals surface area contributed by atoms with Gasteiger partial charge in [-0.05, 0) is 54.6 Å². The van der Waals surface area contributed by atoms with Gasteiger partial charge in [0.1, 0.15) is 17.3 Å². The van der Waals surface area contributed by atoms with Crippen LogP contribution in [0.15, 0.2) is 24.3 Å². The predicted octanol–water partition coefficient (Wildman–Crippen LogP) is 3.97. The summed E-state index contributed by atoms with van der Waals surface area (Å²) in [5.74, 6) is -0.0942. The van der Waals surface area contributed by atoms with Crippen molar-refractivity contribution in [2.45, 2.75) is 39.6 Å². The second-order valence-electron chi connectivity index (χ2n) is 7.15. The number of nitrogens with zero attached hydrogens (tertiary/aromatic N) is 2. The Morgan fingerprint density at radius 1 is 1.36 bits per heavy atom. The molecule has 0 aliphatic carbocycles. The SMILES string of the molecule is CC(C)N(Cc1ccc(I)cc1F)C(=O)c1cc2nc(N)c3c(c2[nH]1)COC3. The fraction of sp³-hybridized carbons (Fsp3) is 0.300. The molecule has 0 unspecified atom stereocenters. The molecule has 0 spiro atoms. The van der Waals surface area contributed by atoms with Crippen LogP contribution in [0.1, 0.15) is 41.0 Å². The van der Waals surface area contributed by atoms with Gasteiger partial charge in [-0.1, -0.05) is 6.07 Å². The van der Waals surface area contributed by atoms with Crippen molar-refractivity contribution in [1.82, 2.24) is 14.9 Å². The number of nitrogens with one attached hydrogen (secondary N) is 1. The molecule has 2 aromatic heterocycles. The van der Waals surface area contributed by atoms with Gasteiger partial charge in [0, 0.05) is 32.8 Å². The second kappa shape index (κ2) is 7.32. The Morgan fingerprint density at radius 3 is 2.82 bits per heavy atom. The molecule has 8 heteroatoms. The first kappa shape index (κ1) is 19.1. The van der Waals surface area contributed by atoms with Gasteiger partial charge in [-0.15, -0.1) is 0 Å². The fourth-order valence-corrected chi connectivity index (χ4v) is 3.89. The summed E-state index contributed by atoms with van der Waals surface area (Å²) in [6.45, 7) is 4.87. The zero-order chi connectivity index (χ0) is 20.0. The monoisotopic (exact) mass is 494 g/mol. The number of hydrogen-bond acceptors (Lipinski definition) is 4. The third-order valence-corrected chi connectivity index (χ3v) is 5.65. The first-order chi connectivity index (χ1) is 13.3. The van der Waals surface area contributed by atoms with Crippen LogP contribution in [0.3, 0.4) is 0 Å². The number of aromatic amines is 1. The molecule has 1 aliphatic rings. The molecule has 3 heterocycles. The van der Waals surface area contributed by atoms with Crippen molar-refractivity contribution < 1.29 is 13.9 Å². The molecule has 6 nitrogen and oxygen atoms in total. The zero-order valence-electron chi connectivity index (χ0n) is 15.6. The van der Waals surface area contributed by atoms with Crippen LogP contribution in [0, 0.1) is 9.39 Å². The van der Waals surface area contributed by atoms with Crippen molar-refractivity contribution in [2.24, 2.45) is 0 Å². The van der Waals surface area contributed by atoms with Crippen molar-refractivity contribution in [1.29, 1.82) is 0 Å². The van der Waals surface area contributed by atoms with E-state index in [1.54, 1.807) is 17.0 Å². The Kier molecular flexibility index (Phi) is 5.00. The quantitative estimate of drug-likeness (QED) is 0.538. The third-order valence-electron chi connectivity index (χ3n) is 4.98. The number of pyridine rings is 1. The predicted molar refractivity (Wildman–Crippen MR) is 113 cm³/mol. The first-order valence-corrected chi connectivity index (χ1v) is 10.1. The number of rotatable bonds is 4. The normalized spacial score (nSPS) is 13.3. The van der Waals surface area contributed by atoms with Gasteiger partial charge in [0.05, 0.1) is 24.2 Å². The molecule has 28 heavy (non-hydrogen) atoms. The Balaban J connectivity index is 1.69. The van der Waals surface area contributed by atoms with Crippen molar-refractivity contribution in [3.05, 3.63) is 56.0 Å². The van der Waals surface area contributed by atoms with Crippen molar-refractivity contribution in [2.75, 3.05) is 5.73 Å². The van der Waals surface area contributed by atoms with Gasteiger partial charge in [0.2, 0.25) is 0 Å². The van der Waals surface area contributed by atoms with Crippen LogP contribution < -0.4 is 5.73 Å². The summed E-state index contributed by atoms with van der Waals surface area (Å²) in [5.41, 5.74) is 10.1. The molecule has 0 fully saturated rings. The molecule has 3 N–H and O–H groups in total. The average Bonchev–Trinajstić information content (AvgIpc) is 3.27. The number of carbonyl (C=O) groups excluding carboxylic acids is 1. The molecule has 146 valence electrons. The van der Waals surface area contributed by atoms with Crippen LogP contribution in [-0.4, -0.2) is 26.8 Å². The molecular formula is C20H20FIN4O2. The van der Waals surface area contributed by atoms with E-state index in [9.17, 15) is 9.18 Å². The van der Waals surface area contributed by atoms with E-state index in [4.69, 9.17) is 10.5 Å². The molecule has 0 bridgehead atoms. The number of aromatic nitrogens is 2. The standard InChI is InChI=1S/C20H20FIN4O2/c1-10(2)26(7-11-3-4-12(22)5-15(11)21)20(27)17-6-16-18(24-17)13-8-28-9-14(13)19(23)25-16/h3-6,10,24H,7-9H2,1-2H3,(H2,23,25). The summed E-state index contributed by atoms with van der Waals surface area (Å²) in [6, 6.07) is 6.62. The number of carbonyl (C=O) groups is 1. The summed E-state index contributed by atoms with van der Waals surface area (Å²) < 4.78 is 20.6. The van der Waals surface area contributed by atoms with Gasteiger partial charge in [0.15, 0.2) is 0 Å². The lowest BCUT2D eigenvalue weighted by Crippen LogP contribution is -2.36. The number of fused-ring (bicyclic) bond motifs is 3. The summed E-state index contributed by atoms with van der Waals surface area (Å²) in [6.07, 6.45) is 0. The van der Waals surface area contributed by atoms with Crippen LogP contribution in [-0.2, 0) is 24.5 Å². The molecule has 1 amide bonds. The number of halogens is 2. The first-order valence-electron chi connectivity index (χ1n) is 8.97. The molecule has 0 saturated carbocycles. The Bertz CT molecular complexity index is 1080. The van der Waals surface area contributed by atoms with Crippen LogP contribution >= 0.6 is 22.6 Å². The highest BCUT2D eigenvalue weighted by Crippen LogP contribution is 2.31. The van der Waals surface area contributed by atoms with Crippen molar-refractivity contribution in [3.8, 4) is 0 Å². The van der Waals surface area contributed by atoms with Gasteiger partial charge >= 0.3 is 0 Å². The topological polar surface area (TPSA) is 84.2 Å². The molecule has 0 atom stereocenters. The summed E-state index contributed by atoms with van der Waals surface area (Å²) in [5, 5.41) is 0. The summed E-state index contributed by atoms with van der Waals surface area (Å²) >= 11 is 2.06. The number of anilines is 1. The van der Waals surface area contributed by atoms with Crippen LogP contribution in [0.4, 0.5) is 10.2 Å². The Hall–Kier alpha value is -2.20. The maximum absolute atomic E-state index is 14.3. The largest absolute Gasteiger partial charge is 0.383 e. The zero-order valence-corrected chi connectivity index (χ0v) is 17.7. The van der Waals surface area contributed by atoms with E-state index in [2.05, 4.69) is 32.6 Å². The van der Waals surface area contributed by atoms with E-state index in [1.165, 1.54) is 6.07 Å². The lowest BCUT2D eigenvalue weighted by atomic mass is 10.1. The molecule has 1 aliphatic heterocycles. The minimum absolute atomic E-state index is 0.107. The lowest BCUT2D eigenvalue weighted by Gasteiger charge is -2.26. The molecule has 0 radical (unpaired) electrons. The van der Waals surface area contributed by atoms with Gasteiger partial charge in [-0.3, -0.25) is 4.79 Å². The summed E-state index contributed by atoms with van der Waals surface area (Å²) in [7, 11) is 0. The van der Waals surface area contributed by atoms with E-state index in [1.807, 2.05) is 19.9 Å². The number of nitrogens with two attached hydrogens (primary N) is 1. The van der Waals surface area contributed by atoms with Crippen molar-refractivity contribution >= 4 is 45.3 Å². The number of benzene rings is 1. The maximum Gasteiger partial charge on any atom is 0.270 e. The second-order valence-corrected chi connectivity index (χ2v) is 8.40. The number of ether oxygens (including phenoxy) is 1. The average molecular weight is 494 g/mol. The highest BCUT2D eigenvalue weighted by molar-refractivity contribution is 14.1. The third kappa shape index (κ3) is 3.35. The smallest absolute Gasteiger partial charge is 0.270 e. The van der Waals surface area contributed by atoms with Gasteiger partial charge in [-0.2, -0.15) is 0 Å². The molecular weight excluding hydrogens is 474 g/mol. The van der Waals surface area contributed by atoms with Crippen LogP contribution in [0.5, 0.6) is 0 Å². The molecule has 3 aromatic rings. The minimum atomic E-state index is -0.314. The Morgan fingerprint density at radius 2 is 2.11 bits per heavy atom.